The second kappa shape index (κ2) is 3.78. The van der Waals surface area contributed by atoms with E-state index in [0.717, 1.165) is 0 Å². The molecule has 1 aliphatic rings. The van der Waals surface area contributed by atoms with Crippen LogP contribution in [0.25, 0.3) is 0 Å². The lowest BCUT2D eigenvalue weighted by molar-refractivity contribution is 0.156. The normalized spacial score (nSPS) is 17.3. The minimum Gasteiger partial charge on any atom is -0.336 e. The standard InChI is InChI=1S/C9H18N2O/c1-7(2)10-9(12)11(3)8-5-4-6-8/h7-8H,4-6H2,1-3H3,(H,10,12). The number of carbonyl (C=O) groups excluding carboxylic acids is 1. The van der Waals surface area contributed by atoms with E-state index in [4.69, 9.17) is 0 Å². The molecular formula is C9H18N2O. The van der Waals surface area contributed by atoms with Gasteiger partial charge >= 0.3 is 6.03 Å². The fourth-order valence-corrected chi connectivity index (χ4v) is 1.29. The molecule has 0 heterocycles. The Bertz CT molecular complexity index is 164. The summed E-state index contributed by atoms with van der Waals surface area (Å²) in [6, 6.07) is 0.790. The zero-order valence-electron chi connectivity index (χ0n) is 8.13. The molecule has 3 heteroatoms. The molecule has 2 amide bonds. The van der Waals surface area contributed by atoms with Gasteiger partial charge in [0.05, 0.1) is 0 Å². The van der Waals surface area contributed by atoms with Crippen LogP contribution in [0.2, 0.25) is 0 Å². The molecule has 1 N–H and O–H groups in total. The van der Waals surface area contributed by atoms with E-state index < -0.39 is 0 Å². The molecule has 0 radical (unpaired) electrons. The van der Waals surface area contributed by atoms with Crippen molar-refractivity contribution in [1.29, 1.82) is 0 Å². The van der Waals surface area contributed by atoms with Crippen molar-refractivity contribution >= 4 is 6.03 Å². The first-order valence-corrected chi connectivity index (χ1v) is 4.64. The topological polar surface area (TPSA) is 32.3 Å². The van der Waals surface area contributed by atoms with Crippen LogP contribution >= 0.6 is 0 Å². The number of nitrogens with one attached hydrogen (secondary N) is 1. The second-order valence-electron chi connectivity index (χ2n) is 3.80. The summed E-state index contributed by atoms with van der Waals surface area (Å²) in [6.45, 7) is 3.96. The van der Waals surface area contributed by atoms with E-state index in [9.17, 15) is 4.79 Å². The van der Waals surface area contributed by atoms with E-state index >= 15 is 0 Å². The van der Waals surface area contributed by atoms with Crippen LogP contribution in [0.1, 0.15) is 33.1 Å². The van der Waals surface area contributed by atoms with E-state index in [2.05, 4.69) is 5.32 Å². The third-order valence-corrected chi connectivity index (χ3v) is 2.35. The lowest BCUT2D eigenvalue weighted by Crippen LogP contribution is -2.48. The van der Waals surface area contributed by atoms with Crippen molar-refractivity contribution in [3.63, 3.8) is 0 Å². The predicted octanol–water partition coefficient (Wildman–Crippen LogP) is 1.59. The minimum absolute atomic E-state index is 0.0645. The summed E-state index contributed by atoms with van der Waals surface area (Å²) in [5.41, 5.74) is 0. The maximum absolute atomic E-state index is 11.4. The largest absolute Gasteiger partial charge is 0.336 e. The van der Waals surface area contributed by atoms with Gasteiger partial charge in [-0.25, -0.2) is 4.79 Å². The molecule has 1 aliphatic carbocycles. The van der Waals surface area contributed by atoms with Crippen LogP contribution in [0.15, 0.2) is 0 Å². The van der Waals surface area contributed by atoms with Gasteiger partial charge in [0.2, 0.25) is 0 Å². The maximum atomic E-state index is 11.4. The molecule has 1 rings (SSSR count). The Morgan fingerprint density at radius 3 is 2.42 bits per heavy atom. The quantitative estimate of drug-likeness (QED) is 0.670. The van der Waals surface area contributed by atoms with Crippen molar-refractivity contribution in [2.75, 3.05) is 7.05 Å². The van der Waals surface area contributed by atoms with Crippen LogP contribution in [0, 0.1) is 0 Å². The van der Waals surface area contributed by atoms with E-state index in [1.807, 2.05) is 25.8 Å². The predicted molar refractivity (Wildman–Crippen MR) is 49.1 cm³/mol. The summed E-state index contributed by atoms with van der Waals surface area (Å²) in [7, 11) is 1.88. The Kier molecular flexibility index (Phi) is 2.95. The van der Waals surface area contributed by atoms with Crippen LogP contribution < -0.4 is 5.32 Å². The van der Waals surface area contributed by atoms with Gasteiger partial charge in [-0.3, -0.25) is 0 Å². The highest BCUT2D eigenvalue weighted by Gasteiger charge is 2.25. The number of hydrogen-bond acceptors (Lipinski definition) is 1. The van der Waals surface area contributed by atoms with Gasteiger partial charge in [-0.1, -0.05) is 0 Å². The highest BCUT2D eigenvalue weighted by molar-refractivity contribution is 5.74. The average molecular weight is 170 g/mol. The van der Waals surface area contributed by atoms with Gasteiger partial charge in [-0.05, 0) is 33.1 Å². The van der Waals surface area contributed by atoms with Gasteiger partial charge in [0.15, 0.2) is 0 Å². The van der Waals surface area contributed by atoms with E-state index in [1.165, 1.54) is 19.3 Å². The highest BCUT2D eigenvalue weighted by Crippen LogP contribution is 2.23. The molecule has 70 valence electrons. The van der Waals surface area contributed by atoms with Gasteiger partial charge in [-0.2, -0.15) is 0 Å². The Morgan fingerprint density at radius 2 is 2.08 bits per heavy atom. The zero-order chi connectivity index (χ0) is 9.14. The van der Waals surface area contributed by atoms with Crippen molar-refractivity contribution < 1.29 is 4.79 Å². The third-order valence-electron chi connectivity index (χ3n) is 2.35. The first-order valence-electron chi connectivity index (χ1n) is 4.64. The van der Waals surface area contributed by atoms with Crippen molar-refractivity contribution in [3.8, 4) is 0 Å². The summed E-state index contributed by atoms with van der Waals surface area (Å²) < 4.78 is 0. The van der Waals surface area contributed by atoms with Crippen LogP contribution in [-0.4, -0.2) is 30.1 Å². The number of rotatable bonds is 2. The zero-order valence-corrected chi connectivity index (χ0v) is 8.13. The van der Waals surface area contributed by atoms with Gasteiger partial charge in [0.1, 0.15) is 0 Å². The first-order chi connectivity index (χ1) is 5.61. The van der Waals surface area contributed by atoms with Crippen molar-refractivity contribution in [2.24, 2.45) is 0 Å². The molecule has 3 nitrogen and oxygen atoms in total. The number of hydrogen-bond donors (Lipinski definition) is 1. The molecular weight excluding hydrogens is 152 g/mol. The molecule has 0 aromatic heterocycles. The Balaban J connectivity index is 2.30. The molecule has 0 aromatic carbocycles. The summed E-state index contributed by atoms with van der Waals surface area (Å²) >= 11 is 0. The van der Waals surface area contributed by atoms with E-state index in [0.29, 0.717) is 6.04 Å². The van der Waals surface area contributed by atoms with Crippen molar-refractivity contribution in [3.05, 3.63) is 0 Å². The van der Waals surface area contributed by atoms with Gasteiger partial charge in [0, 0.05) is 19.1 Å². The smallest absolute Gasteiger partial charge is 0.317 e. The van der Waals surface area contributed by atoms with Crippen LogP contribution in [0.3, 0.4) is 0 Å². The summed E-state index contributed by atoms with van der Waals surface area (Å²) in [5, 5.41) is 2.88. The molecule has 0 aromatic rings. The van der Waals surface area contributed by atoms with Crippen LogP contribution in [0.5, 0.6) is 0 Å². The Labute approximate surface area is 74.1 Å². The number of nitrogens with zero attached hydrogens (tertiary/aromatic N) is 1. The maximum Gasteiger partial charge on any atom is 0.317 e. The molecule has 0 atom stereocenters. The van der Waals surface area contributed by atoms with Crippen molar-refractivity contribution in [2.45, 2.75) is 45.2 Å². The number of carbonyl (C=O) groups is 1. The van der Waals surface area contributed by atoms with Crippen LogP contribution in [0.4, 0.5) is 4.79 Å². The summed E-state index contributed by atoms with van der Waals surface area (Å²) in [5.74, 6) is 0. The monoisotopic (exact) mass is 170 g/mol. The minimum atomic E-state index is 0.0645. The Hall–Kier alpha value is -0.730. The molecule has 0 bridgehead atoms. The summed E-state index contributed by atoms with van der Waals surface area (Å²) in [6.07, 6.45) is 3.61. The number of amides is 2. The first kappa shape index (κ1) is 9.36. The van der Waals surface area contributed by atoms with Gasteiger partial charge in [-0.15, -0.1) is 0 Å². The Morgan fingerprint density at radius 1 is 1.50 bits per heavy atom. The molecule has 12 heavy (non-hydrogen) atoms. The average Bonchev–Trinajstić information content (AvgIpc) is 1.81. The van der Waals surface area contributed by atoms with E-state index in [1.54, 1.807) is 0 Å². The van der Waals surface area contributed by atoms with Crippen LogP contribution in [-0.2, 0) is 0 Å². The fraction of sp³-hybridized carbons (Fsp3) is 0.889. The molecule has 1 saturated carbocycles. The lowest BCUT2D eigenvalue weighted by atomic mass is 9.92. The number of urea groups is 1. The molecule has 0 spiro atoms. The fourth-order valence-electron chi connectivity index (χ4n) is 1.29. The molecule has 0 saturated heterocycles. The highest BCUT2D eigenvalue weighted by atomic mass is 16.2. The summed E-state index contributed by atoms with van der Waals surface area (Å²) in [4.78, 5) is 13.2. The van der Waals surface area contributed by atoms with Crippen molar-refractivity contribution in [1.82, 2.24) is 10.2 Å². The second-order valence-corrected chi connectivity index (χ2v) is 3.80. The molecule has 0 aliphatic heterocycles. The van der Waals surface area contributed by atoms with Gasteiger partial charge in [0.25, 0.3) is 0 Å². The van der Waals surface area contributed by atoms with E-state index in [-0.39, 0.29) is 12.1 Å². The third kappa shape index (κ3) is 2.13. The van der Waals surface area contributed by atoms with Gasteiger partial charge < -0.3 is 10.2 Å². The molecule has 0 unspecified atom stereocenters. The lowest BCUT2D eigenvalue weighted by Gasteiger charge is -2.35. The SMILES string of the molecule is CC(C)NC(=O)N(C)C1CCC1. The molecule has 1 fully saturated rings.